The van der Waals surface area contributed by atoms with Gasteiger partial charge in [0.15, 0.2) is 0 Å². The van der Waals surface area contributed by atoms with Crippen LogP contribution in [0.1, 0.15) is 36.5 Å². The fourth-order valence-electron chi connectivity index (χ4n) is 3.61. The summed E-state index contributed by atoms with van der Waals surface area (Å²) in [5.41, 5.74) is 1.02. The van der Waals surface area contributed by atoms with Crippen LogP contribution in [0.2, 0.25) is 0 Å². The molecule has 0 bridgehead atoms. The maximum Gasteiger partial charge on any atom is 0.293 e. The lowest BCUT2D eigenvalue weighted by Gasteiger charge is -2.24. The van der Waals surface area contributed by atoms with Crippen molar-refractivity contribution in [1.29, 1.82) is 0 Å². The van der Waals surface area contributed by atoms with Crippen LogP contribution in [-0.4, -0.2) is 55.1 Å². The van der Waals surface area contributed by atoms with Crippen LogP contribution in [0.25, 0.3) is 0 Å². The molecule has 25 heavy (non-hydrogen) atoms. The van der Waals surface area contributed by atoms with Crippen LogP contribution in [0.4, 0.5) is 11.4 Å². The summed E-state index contributed by atoms with van der Waals surface area (Å²) in [7, 11) is 0. The van der Waals surface area contributed by atoms with Gasteiger partial charge in [0.25, 0.3) is 11.6 Å². The topological polar surface area (TPSA) is 75.9 Å². The normalized spacial score (nSPS) is 20.0. The Balaban J connectivity index is 1.81. The number of ether oxygens (including phenoxy) is 1. The van der Waals surface area contributed by atoms with Gasteiger partial charge in [0.05, 0.1) is 11.5 Å². The van der Waals surface area contributed by atoms with Crippen LogP contribution < -0.4 is 4.90 Å². The predicted octanol–water partition coefficient (Wildman–Crippen LogP) is 2.69. The molecule has 0 spiro atoms. The van der Waals surface area contributed by atoms with E-state index in [2.05, 4.69) is 0 Å². The third-order valence-corrected chi connectivity index (χ3v) is 5.04. The van der Waals surface area contributed by atoms with E-state index in [1.54, 1.807) is 17.0 Å². The zero-order valence-electron chi connectivity index (χ0n) is 14.6. The lowest BCUT2D eigenvalue weighted by molar-refractivity contribution is -0.384. The van der Waals surface area contributed by atoms with Crippen molar-refractivity contribution in [3.8, 4) is 0 Å². The second-order valence-corrected chi connectivity index (χ2v) is 6.73. The molecule has 1 aromatic rings. The average molecular weight is 347 g/mol. The van der Waals surface area contributed by atoms with Gasteiger partial charge in [0.1, 0.15) is 5.69 Å². The third kappa shape index (κ3) is 3.92. The van der Waals surface area contributed by atoms with Crippen molar-refractivity contribution in [1.82, 2.24) is 4.90 Å². The number of nitro benzene ring substituents is 1. The molecule has 2 aliphatic heterocycles. The summed E-state index contributed by atoms with van der Waals surface area (Å²) >= 11 is 0. The monoisotopic (exact) mass is 347 g/mol. The van der Waals surface area contributed by atoms with Crippen molar-refractivity contribution in [2.75, 3.05) is 44.3 Å². The Morgan fingerprint density at radius 1 is 1.40 bits per heavy atom. The van der Waals surface area contributed by atoms with Gasteiger partial charge in [-0.15, -0.1) is 0 Å². The zero-order chi connectivity index (χ0) is 17.8. The molecule has 0 aliphatic carbocycles. The molecule has 136 valence electrons. The number of nitro groups is 1. The van der Waals surface area contributed by atoms with Crippen LogP contribution >= 0.6 is 0 Å². The molecule has 1 aromatic carbocycles. The van der Waals surface area contributed by atoms with Gasteiger partial charge in [-0.1, -0.05) is 0 Å². The van der Waals surface area contributed by atoms with E-state index < -0.39 is 0 Å². The van der Waals surface area contributed by atoms with Gasteiger partial charge in [-0.25, -0.2) is 0 Å². The molecule has 2 heterocycles. The zero-order valence-corrected chi connectivity index (χ0v) is 14.6. The molecule has 2 aliphatic rings. The summed E-state index contributed by atoms with van der Waals surface area (Å²) < 4.78 is 5.38. The molecular formula is C18H25N3O4. The number of benzene rings is 1. The number of carbonyl (C=O) groups excluding carboxylic acids is 1. The van der Waals surface area contributed by atoms with Crippen LogP contribution in [-0.2, 0) is 4.74 Å². The van der Waals surface area contributed by atoms with Gasteiger partial charge in [-0.05, 0) is 38.3 Å². The highest BCUT2D eigenvalue weighted by Crippen LogP contribution is 2.32. The minimum Gasteiger partial charge on any atom is -0.381 e. The largest absolute Gasteiger partial charge is 0.381 e. The van der Waals surface area contributed by atoms with E-state index in [1.165, 1.54) is 6.07 Å². The van der Waals surface area contributed by atoms with E-state index in [0.29, 0.717) is 36.9 Å². The first-order valence-electron chi connectivity index (χ1n) is 9.00. The van der Waals surface area contributed by atoms with Gasteiger partial charge < -0.3 is 14.5 Å². The van der Waals surface area contributed by atoms with Gasteiger partial charge in [-0.3, -0.25) is 14.9 Å². The van der Waals surface area contributed by atoms with Gasteiger partial charge >= 0.3 is 0 Å². The highest BCUT2D eigenvalue weighted by Gasteiger charge is 2.26. The van der Waals surface area contributed by atoms with Gasteiger partial charge in [0.2, 0.25) is 0 Å². The fraction of sp³-hybridized carbons (Fsp3) is 0.611. The van der Waals surface area contributed by atoms with Crippen molar-refractivity contribution < 1.29 is 14.5 Å². The fourth-order valence-corrected chi connectivity index (χ4v) is 3.61. The Morgan fingerprint density at radius 2 is 2.16 bits per heavy atom. The molecule has 1 amide bonds. The van der Waals surface area contributed by atoms with E-state index in [-0.39, 0.29) is 16.5 Å². The molecule has 7 nitrogen and oxygen atoms in total. The highest BCUT2D eigenvalue weighted by atomic mass is 16.6. The molecule has 2 fully saturated rings. The van der Waals surface area contributed by atoms with Gasteiger partial charge in [0, 0.05) is 50.3 Å². The Kier molecular flexibility index (Phi) is 5.53. The van der Waals surface area contributed by atoms with E-state index in [0.717, 1.165) is 39.0 Å². The Bertz CT molecular complexity index is 637. The van der Waals surface area contributed by atoms with Gasteiger partial charge in [-0.2, -0.15) is 0 Å². The maximum atomic E-state index is 12.8. The summed E-state index contributed by atoms with van der Waals surface area (Å²) in [6, 6.07) is 4.88. The van der Waals surface area contributed by atoms with Crippen molar-refractivity contribution in [2.24, 2.45) is 5.92 Å². The van der Waals surface area contributed by atoms with E-state index in [1.807, 2.05) is 11.8 Å². The quantitative estimate of drug-likeness (QED) is 0.584. The van der Waals surface area contributed by atoms with Crippen LogP contribution in [0.15, 0.2) is 18.2 Å². The van der Waals surface area contributed by atoms with Crippen molar-refractivity contribution in [3.63, 3.8) is 0 Å². The van der Waals surface area contributed by atoms with Crippen molar-refractivity contribution in [2.45, 2.75) is 26.2 Å². The summed E-state index contributed by atoms with van der Waals surface area (Å²) in [6.07, 6.45) is 3.05. The minimum atomic E-state index is -0.383. The van der Waals surface area contributed by atoms with E-state index in [4.69, 9.17) is 4.74 Å². The van der Waals surface area contributed by atoms with Crippen molar-refractivity contribution in [3.05, 3.63) is 33.9 Å². The molecule has 0 unspecified atom stereocenters. The lowest BCUT2D eigenvalue weighted by Crippen LogP contribution is -2.35. The Morgan fingerprint density at radius 3 is 2.76 bits per heavy atom. The molecule has 7 heteroatoms. The second-order valence-electron chi connectivity index (χ2n) is 6.73. The van der Waals surface area contributed by atoms with E-state index >= 15 is 0 Å². The maximum absolute atomic E-state index is 12.8. The Hall–Kier alpha value is -2.15. The third-order valence-electron chi connectivity index (χ3n) is 5.04. The minimum absolute atomic E-state index is 0.0213. The predicted molar refractivity (Wildman–Crippen MR) is 95.0 cm³/mol. The molecule has 0 aromatic heterocycles. The molecule has 3 rings (SSSR count). The number of hydrogen-bond acceptors (Lipinski definition) is 5. The first-order chi connectivity index (χ1) is 12.1. The first-order valence-corrected chi connectivity index (χ1v) is 9.00. The van der Waals surface area contributed by atoms with Crippen LogP contribution in [0.5, 0.6) is 0 Å². The highest BCUT2D eigenvalue weighted by molar-refractivity contribution is 5.95. The number of rotatable bonds is 6. The van der Waals surface area contributed by atoms with Crippen LogP contribution in [0.3, 0.4) is 0 Å². The lowest BCUT2D eigenvalue weighted by atomic mass is 10.1. The first kappa shape index (κ1) is 17.7. The average Bonchev–Trinajstić information content (AvgIpc) is 3.32. The summed E-state index contributed by atoms with van der Waals surface area (Å²) in [4.78, 5) is 27.7. The van der Waals surface area contributed by atoms with Crippen LogP contribution in [0, 0.1) is 16.0 Å². The summed E-state index contributed by atoms with van der Waals surface area (Å²) in [5.74, 6) is 0.202. The SMILES string of the molecule is CCN(C[C@H]1CCOC1)C(=O)c1ccc(N2CCCC2)c([N+](=O)[O-])c1. The molecular weight excluding hydrogens is 322 g/mol. The summed E-state index contributed by atoms with van der Waals surface area (Å²) in [6.45, 7) is 6.23. The van der Waals surface area contributed by atoms with E-state index in [9.17, 15) is 14.9 Å². The number of hydrogen-bond donors (Lipinski definition) is 0. The number of anilines is 1. The number of nitrogens with zero attached hydrogens (tertiary/aromatic N) is 3. The molecule has 1 atom stereocenters. The number of amides is 1. The summed E-state index contributed by atoms with van der Waals surface area (Å²) in [5, 5.41) is 11.5. The number of carbonyl (C=O) groups is 1. The molecule has 2 saturated heterocycles. The molecule has 0 N–H and O–H groups in total. The smallest absolute Gasteiger partial charge is 0.293 e. The molecule has 0 saturated carbocycles. The second kappa shape index (κ2) is 7.82. The Labute approximate surface area is 147 Å². The van der Waals surface area contributed by atoms with Crippen molar-refractivity contribution >= 4 is 17.3 Å². The molecule has 0 radical (unpaired) electrons. The standard InChI is InChI=1S/C18H25N3O4/c1-2-19(12-14-7-10-25-13-14)18(22)15-5-6-16(17(11-15)21(23)24)20-8-3-4-9-20/h5-6,11,14H,2-4,7-10,12-13H2,1H3/t14-/m1/s1.